The minimum Gasteiger partial charge on any atom is -0.394 e. The second-order valence-electron chi connectivity index (χ2n) is 3.07. The zero-order valence-corrected chi connectivity index (χ0v) is 9.54. The van der Waals surface area contributed by atoms with Gasteiger partial charge in [0.05, 0.1) is 18.8 Å². The van der Waals surface area contributed by atoms with Gasteiger partial charge in [-0.1, -0.05) is 18.5 Å². The Bertz CT molecular complexity index is 317. The predicted octanol–water partition coefficient (Wildman–Crippen LogP) is 1.35. The van der Waals surface area contributed by atoms with Crippen molar-refractivity contribution in [2.45, 2.75) is 19.4 Å². The molecule has 0 amide bonds. The summed E-state index contributed by atoms with van der Waals surface area (Å²) in [6.45, 7) is 2.02. The Morgan fingerprint density at radius 2 is 2.33 bits per heavy atom. The van der Waals surface area contributed by atoms with Crippen LogP contribution in [0.25, 0.3) is 0 Å². The Morgan fingerprint density at radius 1 is 1.60 bits per heavy atom. The molecule has 3 N–H and O–H groups in total. The van der Waals surface area contributed by atoms with Gasteiger partial charge in [0.25, 0.3) is 0 Å². The molecular weight excluding hydrogens is 216 g/mol. The molecule has 0 radical (unpaired) electrons. The van der Waals surface area contributed by atoms with Gasteiger partial charge in [-0.3, -0.25) is 0 Å². The molecule has 1 aromatic heterocycles. The molecule has 15 heavy (non-hydrogen) atoms. The lowest BCUT2D eigenvalue weighted by molar-refractivity contribution is 0.271. The van der Waals surface area contributed by atoms with E-state index < -0.39 is 0 Å². The van der Waals surface area contributed by atoms with Gasteiger partial charge in [-0.15, -0.1) is 0 Å². The molecule has 0 aromatic carbocycles. The maximum absolute atomic E-state index is 9.04. The fourth-order valence-corrected chi connectivity index (χ4v) is 1.20. The van der Waals surface area contributed by atoms with Crippen LogP contribution >= 0.6 is 11.6 Å². The lowest BCUT2D eigenvalue weighted by Gasteiger charge is -2.15. The molecule has 1 heterocycles. The van der Waals surface area contributed by atoms with E-state index in [9.17, 15) is 0 Å². The molecule has 5 nitrogen and oxygen atoms in total. The van der Waals surface area contributed by atoms with Crippen LogP contribution in [0.2, 0.25) is 5.02 Å². The average molecular weight is 231 g/mol. The lowest BCUT2D eigenvalue weighted by atomic mass is 10.2. The summed E-state index contributed by atoms with van der Waals surface area (Å²) in [6.07, 6.45) is 2.32. The van der Waals surface area contributed by atoms with Gasteiger partial charge in [0.2, 0.25) is 5.95 Å². The highest BCUT2D eigenvalue weighted by Gasteiger charge is 2.09. The molecule has 0 saturated carbocycles. The van der Waals surface area contributed by atoms with Crippen molar-refractivity contribution in [2.24, 2.45) is 0 Å². The first-order valence-corrected chi connectivity index (χ1v) is 5.16. The van der Waals surface area contributed by atoms with Crippen LogP contribution in [-0.2, 0) is 0 Å². The zero-order chi connectivity index (χ0) is 11.3. The van der Waals surface area contributed by atoms with Crippen LogP contribution in [0.4, 0.5) is 11.8 Å². The van der Waals surface area contributed by atoms with Crippen LogP contribution in [0.5, 0.6) is 0 Å². The Labute approximate surface area is 93.9 Å². The highest BCUT2D eigenvalue weighted by atomic mass is 35.5. The van der Waals surface area contributed by atoms with Gasteiger partial charge in [-0.25, -0.2) is 4.98 Å². The summed E-state index contributed by atoms with van der Waals surface area (Å²) in [5.41, 5.74) is 0. The molecule has 1 rings (SSSR count). The number of rotatable bonds is 5. The van der Waals surface area contributed by atoms with Crippen molar-refractivity contribution in [2.75, 3.05) is 24.3 Å². The van der Waals surface area contributed by atoms with Gasteiger partial charge in [0.1, 0.15) is 5.02 Å². The topological polar surface area (TPSA) is 70.1 Å². The van der Waals surface area contributed by atoms with E-state index in [-0.39, 0.29) is 12.6 Å². The van der Waals surface area contributed by atoms with E-state index in [1.54, 1.807) is 7.05 Å². The molecule has 6 heteroatoms. The van der Waals surface area contributed by atoms with E-state index in [0.29, 0.717) is 16.8 Å². The lowest BCUT2D eigenvalue weighted by Crippen LogP contribution is -2.23. The Balaban J connectivity index is 2.82. The molecule has 0 saturated heterocycles. The third kappa shape index (κ3) is 3.21. The summed E-state index contributed by atoms with van der Waals surface area (Å²) in [4.78, 5) is 8.11. The van der Waals surface area contributed by atoms with E-state index in [1.165, 1.54) is 6.20 Å². The van der Waals surface area contributed by atoms with Crippen molar-refractivity contribution in [3.05, 3.63) is 11.2 Å². The van der Waals surface area contributed by atoms with Crippen LogP contribution in [0, 0.1) is 0 Å². The number of aliphatic hydroxyl groups excluding tert-OH is 1. The summed E-state index contributed by atoms with van der Waals surface area (Å²) >= 11 is 5.91. The fourth-order valence-electron chi connectivity index (χ4n) is 1.06. The smallest absolute Gasteiger partial charge is 0.224 e. The van der Waals surface area contributed by atoms with Crippen molar-refractivity contribution >= 4 is 23.4 Å². The number of anilines is 2. The molecule has 1 unspecified atom stereocenters. The Hall–Kier alpha value is -1.07. The molecule has 84 valence electrons. The quantitative estimate of drug-likeness (QED) is 0.713. The Morgan fingerprint density at radius 3 is 2.87 bits per heavy atom. The van der Waals surface area contributed by atoms with Crippen LogP contribution in [0.15, 0.2) is 6.20 Å². The fraction of sp³-hybridized carbons (Fsp3) is 0.556. The van der Waals surface area contributed by atoms with Crippen LogP contribution in [-0.4, -0.2) is 34.8 Å². The minimum absolute atomic E-state index is 0.0397. The number of hydrogen-bond donors (Lipinski definition) is 3. The third-order valence-corrected chi connectivity index (χ3v) is 2.30. The van der Waals surface area contributed by atoms with Gasteiger partial charge in [0.15, 0.2) is 5.82 Å². The number of aliphatic hydroxyl groups is 1. The summed E-state index contributed by atoms with van der Waals surface area (Å²) in [7, 11) is 1.73. The van der Waals surface area contributed by atoms with Gasteiger partial charge in [-0.05, 0) is 6.42 Å². The molecule has 1 aromatic rings. The molecule has 0 aliphatic carbocycles. The molecule has 0 fully saturated rings. The second kappa shape index (κ2) is 5.72. The number of nitrogens with zero attached hydrogens (tertiary/aromatic N) is 2. The van der Waals surface area contributed by atoms with Crippen molar-refractivity contribution in [3.8, 4) is 0 Å². The highest BCUT2D eigenvalue weighted by Crippen LogP contribution is 2.20. The number of hydrogen-bond acceptors (Lipinski definition) is 5. The van der Waals surface area contributed by atoms with Crippen molar-refractivity contribution in [1.29, 1.82) is 0 Å². The third-order valence-electron chi connectivity index (χ3n) is 2.02. The largest absolute Gasteiger partial charge is 0.394 e. The van der Waals surface area contributed by atoms with Crippen LogP contribution < -0.4 is 10.6 Å². The zero-order valence-electron chi connectivity index (χ0n) is 8.79. The predicted molar refractivity (Wildman–Crippen MR) is 61.4 cm³/mol. The summed E-state index contributed by atoms with van der Waals surface area (Å²) in [5, 5.41) is 15.4. The summed E-state index contributed by atoms with van der Waals surface area (Å²) < 4.78 is 0. The first-order chi connectivity index (χ1) is 7.21. The van der Waals surface area contributed by atoms with E-state index in [1.807, 2.05) is 6.92 Å². The monoisotopic (exact) mass is 230 g/mol. The first-order valence-electron chi connectivity index (χ1n) is 4.79. The maximum atomic E-state index is 9.04. The highest BCUT2D eigenvalue weighted by molar-refractivity contribution is 6.32. The number of halogens is 1. The van der Waals surface area contributed by atoms with Crippen molar-refractivity contribution < 1.29 is 5.11 Å². The summed E-state index contributed by atoms with van der Waals surface area (Å²) in [6, 6.07) is -0.0397. The van der Waals surface area contributed by atoms with Gasteiger partial charge >= 0.3 is 0 Å². The van der Waals surface area contributed by atoms with Crippen molar-refractivity contribution in [1.82, 2.24) is 9.97 Å². The average Bonchev–Trinajstić information content (AvgIpc) is 2.28. The Kier molecular flexibility index (Phi) is 4.58. The van der Waals surface area contributed by atoms with Gasteiger partial charge < -0.3 is 15.7 Å². The molecule has 0 aliphatic heterocycles. The number of aromatic nitrogens is 2. The van der Waals surface area contributed by atoms with Crippen LogP contribution in [0.3, 0.4) is 0 Å². The molecule has 0 bridgehead atoms. The minimum atomic E-state index is -0.0397. The normalized spacial score (nSPS) is 12.3. The molecule has 1 atom stereocenters. The van der Waals surface area contributed by atoms with E-state index >= 15 is 0 Å². The van der Waals surface area contributed by atoms with E-state index in [2.05, 4.69) is 20.6 Å². The molecule has 0 spiro atoms. The molecule has 0 aliphatic rings. The first kappa shape index (κ1) is 12.0. The van der Waals surface area contributed by atoms with Crippen LogP contribution in [0.1, 0.15) is 13.3 Å². The molecular formula is C9H15ClN4O. The van der Waals surface area contributed by atoms with Gasteiger partial charge in [-0.2, -0.15) is 4.98 Å². The standard InChI is InChI=1S/C9H15ClN4O/c1-3-6(5-15)13-8-7(10)4-12-9(11-2)14-8/h4,6,15H,3,5H2,1-2H3,(H2,11,12,13,14). The number of nitrogens with one attached hydrogen (secondary N) is 2. The van der Waals surface area contributed by atoms with Crippen molar-refractivity contribution in [3.63, 3.8) is 0 Å². The second-order valence-corrected chi connectivity index (χ2v) is 3.48. The van der Waals surface area contributed by atoms with Gasteiger partial charge in [0, 0.05) is 7.05 Å². The SMILES string of the molecule is CCC(CO)Nc1nc(NC)ncc1Cl. The van der Waals surface area contributed by atoms with E-state index in [0.717, 1.165) is 6.42 Å². The maximum Gasteiger partial charge on any atom is 0.224 e. The van der Waals surface area contributed by atoms with E-state index in [4.69, 9.17) is 16.7 Å². The summed E-state index contributed by atoms with van der Waals surface area (Å²) in [5.74, 6) is 1.03.